The van der Waals surface area contributed by atoms with Crippen LogP contribution in [0.15, 0.2) is 58.3 Å². The molecule has 1 heterocycles. The van der Waals surface area contributed by atoms with Crippen LogP contribution in [0, 0.1) is 0 Å². The van der Waals surface area contributed by atoms with Gasteiger partial charge in [0.2, 0.25) is 0 Å². The van der Waals surface area contributed by atoms with Crippen molar-refractivity contribution in [2.75, 3.05) is 5.75 Å². The van der Waals surface area contributed by atoms with Crippen LogP contribution >= 0.6 is 23.5 Å². The number of aromatic carboxylic acids is 1. The monoisotopic (exact) mass is 302 g/mol. The van der Waals surface area contributed by atoms with Gasteiger partial charge in [0.1, 0.15) is 0 Å². The van der Waals surface area contributed by atoms with E-state index in [1.807, 2.05) is 23.9 Å². The summed E-state index contributed by atoms with van der Waals surface area (Å²) in [5, 5.41) is 9.57. The number of thioether (sulfide) groups is 2. The Morgan fingerprint density at radius 3 is 2.90 bits per heavy atom. The summed E-state index contributed by atoms with van der Waals surface area (Å²) in [6.07, 6.45) is 1.10. The van der Waals surface area contributed by atoms with E-state index in [1.54, 1.807) is 23.9 Å². The fourth-order valence-corrected chi connectivity index (χ4v) is 4.69. The minimum atomic E-state index is -0.866. The van der Waals surface area contributed by atoms with Crippen LogP contribution in [0.5, 0.6) is 0 Å². The second kappa shape index (κ2) is 5.94. The summed E-state index contributed by atoms with van der Waals surface area (Å²) in [6, 6.07) is 15.7. The fourth-order valence-electron chi connectivity index (χ4n) is 2.25. The van der Waals surface area contributed by atoms with Gasteiger partial charge in [-0.15, -0.1) is 23.5 Å². The highest BCUT2D eigenvalue weighted by Crippen LogP contribution is 2.39. The van der Waals surface area contributed by atoms with Gasteiger partial charge in [0.05, 0.1) is 5.56 Å². The molecule has 0 aromatic heterocycles. The van der Waals surface area contributed by atoms with E-state index < -0.39 is 5.97 Å². The second-order valence-corrected chi connectivity index (χ2v) is 7.13. The van der Waals surface area contributed by atoms with Crippen LogP contribution in [0.4, 0.5) is 0 Å². The Morgan fingerprint density at radius 1 is 1.25 bits per heavy atom. The molecule has 0 fully saturated rings. The van der Waals surface area contributed by atoms with Crippen molar-refractivity contribution in [3.8, 4) is 0 Å². The molecule has 0 aliphatic carbocycles. The third-order valence-electron chi connectivity index (χ3n) is 3.23. The van der Waals surface area contributed by atoms with Gasteiger partial charge >= 0.3 is 5.97 Å². The molecule has 2 aromatic carbocycles. The molecular weight excluding hydrogens is 288 g/mol. The minimum Gasteiger partial charge on any atom is -0.478 e. The Balaban J connectivity index is 1.61. The Bertz CT molecular complexity index is 615. The molecule has 4 heteroatoms. The fraction of sp³-hybridized carbons (Fsp3) is 0.188. The van der Waals surface area contributed by atoms with Gasteiger partial charge in [-0.05, 0) is 36.2 Å². The topological polar surface area (TPSA) is 37.3 Å². The van der Waals surface area contributed by atoms with Gasteiger partial charge in [-0.25, -0.2) is 4.79 Å². The maximum atomic E-state index is 10.9. The standard InChI is InChI=1S/C16H14O2S2/c17-16(18)12-5-3-6-13(9-12)19-10-14-8-11-4-1-2-7-15(11)20-14/h1-7,9,14H,8,10H2,(H,17,18). The molecule has 0 bridgehead atoms. The van der Waals surface area contributed by atoms with E-state index in [0.29, 0.717) is 10.8 Å². The first kappa shape index (κ1) is 13.6. The molecule has 1 aliphatic rings. The van der Waals surface area contributed by atoms with Crippen molar-refractivity contribution >= 4 is 29.5 Å². The summed E-state index contributed by atoms with van der Waals surface area (Å²) in [7, 11) is 0. The molecule has 1 aliphatic heterocycles. The van der Waals surface area contributed by atoms with Crippen molar-refractivity contribution < 1.29 is 9.90 Å². The highest BCUT2D eigenvalue weighted by Gasteiger charge is 2.21. The number of fused-ring (bicyclic) bond motifs is 1. The van der Waals surface area contributed by atoms with Gasteiger partial charge < -0.3 is 5.11 Å². The zero-order valence-corrected chi connectivity index (χ0v) is 12.4. The molecule has 1 N–H and O–H groups in total. The van der Waals surface area contributed by atoms with E-state index in [9.17, 15) is 4.79 Å². The van der Waals surface area contributed by atoms with Crippen LogP contribution in [0.3, 0.4) is 0 Å². The Hall–Kier alpha value is -1.39. The third kappa shape index (κ3) is 3.02. The Morgan fingerprint density at radius 2 is 2.10 bits per heavy atom. The number of carbonyl (C=O) groups is 1. The second-order valence-electron chi connectivity index (χ2n) is 4.70. The van der Waals surface area contributed by atoms with Crippen molar-refractivity contribution in [1.29, 1.82) is 0 Å². The Kier molecular flexibility index (Phi) is 4.03. The molecule has 3 rings (SSSR count). The molecule has 1 atom stereocenters. The van der Waals surface area contributed by atoms with E-state index >= 15 is 0 Å². The first-order chi connectivity index (χ1) is 9.72. The molecule has 0 saturated heterocycles. The number of hydrogen-bond donors (Lipinski definition) is 1. The zero-order valence-electron chi connectivity index (χ0n) is 10.8. The van der Waals surface area contributed by atoms with Crippen molar-refractivity contribution in [2.24, 2.45) is 0 Å². The predicted molar refractivity (Wildman–Crippen MR) is 83.9 cm³/mol. The zero-order chi connectivity index (χ0) is 13.9. The van der Waals surface area contributed by atoms with Crippen LogP contribution in [-0.2, 0) is 6.42 Å². The molecule has 1 unspecified atom stereocenters. The Labute approximate surface area is 126 Å². The van der Waals surface area contributed by atoms with Crippen molar-refractivity contribution in [3.05, 3.63) is 59.7 Å². The van der Waals surface area contributed by atoms with Crippen LogP contribution in [0.1, 0.15) is 15.9 Å². The number of carboxylic acid groups (broad SMARTS) is 1. The predicted octanol–water partition coefficient (Wildman–Crippen LogP) is 4.19. The molecule has 0 radical (unpaired) electrons. The first-order valence-electron chi connectivity index (χ1n) is 6.43. The molecule has 0 saturated carbocycles. The molecule has 2 aromatic rings. The average Bonchev–Trinajstić information content (AvgIpc) is 2.88. The summed E-state index contributed by atoms with van der Waals surface area (Å²) >= 11 is 3.66. The highest BCUT2D eigenvalue weighted by molar-refractivity contribution is 8.03. The largest absolute Gasteiger partial charge is 0.478 e. The maximum absolute atomic E-state index is 10.9. The van der Waals surface area contributed by atoms with E-state index in [0.717, 1.165) is 17.1 Å². The highest BCUT2D eigenvalue weighted by atomic mass is 32.2. The van der Waals surface area contributed by atoms with Gasteiger partial charge in [-0.2, -0.15) is 0 Å². The lowest BCUT2D eigenvalue weighted by Crippen LogP contribution is -2.04. The molecule has 0 amide bonds. The normalized spacial score (nSPS) is 16.9. The van der Waals surface area contributed by atoms with Gasteiger partial charge in [-0.1, -0.05) is 24.3 Å². The number of rotatable bonds is 4. The van der Waals surface area contributed by atoms with E-state index in [-0.39, 0.29) is 0 Å². The lowest BCUT2D eigenvalue weighted by molar-refractivity contribution is 0.0696. The van der Waals surface area contributed by atoms with Crippen molar-refractivity contribution in [2.45, 2.75) is 21.5 Å². The van der Waals surface area contributed by atoms with Gasteiger partial charge in [0.25, 0.3) is 0 Å². The third-order valence-corrected chi connectivity index (χ3v) is 5.92. The van der Waals surface area contributed by atoms with Crippen LogP contribution < -0.4 is 0 Å². The summed E-state index contributed by atoms with van der Waals surface area (Å²) in [6.45, 7) is 0. The van der Waals surface area contributed by atoms with Crippen LogP contribution in [0.2, 0.25) is 0 Å². The van der Waals surface area contributed by atoms with Gasteiger partial charge in [0, 0.05) is 20.8 Å². The van der Waals surface area contributed by atoms with E-state index in [1.165, 1.54) is 10.5 Å². The molecular formula is C16H14O2S2. The summed E-state index contributed by atoms with van der Waals surface area (Å²) in [4.78, 5) is 13.4. The summed E-state index contributed by atoms with van der Waals surface area (Å²) in [5.74, 6) is 0.137. The molecule has 0 spiro atoms. The van der Waals surface area contributed by atoms with Gasteiger partial charge in [0.15, 0.2) is 0 Å². The number of hydrogen-bond acceptors (Lipinski definition) is 3. The maximum Gasteiger partial charge on any atom is 0.335 e. The van der Waals surface area contributed by atoms with Crippen molar-refractivity contribution in [1.82, 2.24) is 0 Å². The van der Waals surface area contributed by atoms with Crippen LogP contribution in [0.25, 0.3) is 0 Å². The number of carboxylic acids is 1. The lowest BCUT2D eigenvalue weighted by atomic mass is 10.1. The molecule has 102 valence electrons. The SMILES string of the molecule is O=C(O)c1cccc(SCC2Cc3ccccc3S2)c1. The number of benzene rings is 2. The van der Waals surface area contributed by atoms with E-state index in [4.69, 9.17) is 5.11 Å². The summed E-state index contributed by atoms with van der Waals surface area (Å²) < 4.78 is 0. The molecule has 2 nitrogen and oxygen atoms in total. The molecule has 20 heavy (non-hydrogen) atoms. The first-order valence-corrected chi connectivity index (χ1v) is 8.29. The minimum absolute atomic E-state index is 0.359. The van der Waals surface area contributed by atoms with E-state index in [2.05, 4.69) is 24.3 Å². The summed E-state index contributed by atoms with van der Waals surface area (Å²) in [5.41, 5.74) is 1.79. The van der Waals surface area contributed by atoms with Crippen LogP contribution in [-0.4, -0.2) is 22.1 Å². The quantitative estimate of drug-likeness (QED) is 0.859. The van der Waals surface area contributed by atoms with Crippen molar-refractivity contribution in [3.63, 3.8) is 0 Å². The smallest absolute Gasteiger partial charge is 0.335 e. The van der Waals surface area contributed by atoms with Gasteiger partial charge in [-0.3, -0.25) is 0 Å². The average molecular weight is 302 g/mol. The lowest BCUT2D eigenvalue weighted by Gasteiger charge is -2.08.